The summed E-state index contributed by atoms with van der Waals surface area (Å²) in [5.74, 6) is -1.60. The Labute approximate surface area is 152 Å². The first-order valence-corrected chi connectivity index (χ1v) is 8.81. The lowest BCUT2D eigenvalue weighted by Crippen LogP contribution is -2.54. The molecule has 1 aromatic carbocycles. The average molecular weight is 370 g/mol. The van der Waals surface area contributed by atoms with Gasteiger partial charge in [-0.05, 0) is 43.9 Å². The normalized spacial score (nSPS) is 20.7. The van der Waals surface area contributed by atoms with E-state index in [0.29, 0.717) is 23.8 Å². The number of hydrogen-bond donors (Lipinski definition) is 2. The molecule has 1 aromatic rings. The zero-order valence-electron chi connectivity index (χ0n) is 14.5. The lowest BCUT2D eigenvalue weighted by Gasteiger charge is -2.31. The number of carboxylic acid groups (broad SMARTS) is 1. The van der Waals surface area contributed by atoms with Gasteiger partial charge in [0.05, 0.1) is 12.7 Å². The minimum atomic E-state index is -1.52. The van der Waals surface area contributed by atoms with E-state index in [-0.39, 0.29) is 12.5 Å². The Hall–Kier alpha value is -1.63. The standard InChI is InChI=1S/C18H24ClNO5/c1-3-18(17(22)23,13-6-8-14(19)9-7-13)20-16(21)12(2)25-11-15-5-4-10-24-15/h6-9,12,15H,3-5,10-11H2,1-2H3,(H,20,21)(H,22,23). The number of amides is 1. The van der Waals surface area contributed by atoms with Gasteiger partial charge in [0.2, 0.25) is 5.91 Å². The number of carboxylic acids is 1. The summed E-state index contributed by atoms with van der Waals surface area (Å²) in [6, 6.07) is 6.43. The van der Waals surface area contributed by atoms with E-state index in [9.17, 15) is 14.7 Å². The van der Waals surface area contributed by atoms with Gasteiger partial charge in [-0.2, -0.15) is 0 Å². The highest BCUT2D eigenvalue weighted by molar-refractivity contribution is 6.30. The van der Waals surface area contributed by atoms with Crippen molar-refractivity contribution in [2.45, 2.75) is 50.9 Å². The van der Waals surface area contributed by atoms with Gasteiger partial charge in [0.1, 0.15) is 6.10 Å². The van der Waals surface area contributed by atoms with Gasteiger partial charge in [-0.25, -0.2) is 4.79 Å². The third kappa shape index (κ3) is 4.71. The lowest BCUT2D eigenvalue weighted by atomic mass is 9.87. The second-order valence-electron chi connectivity index (χ2n) is 6.17. The first-order chi connectivity index (χ1) is 11.9. The molecule has 0 spiro atoms. The highest BCUT2D eigenvalue weighted by Gasteiger charge is 2.41. The number of ether oxygens (including phenoxy) is 2. The molecule has 25 heavy (non-hydrogen) atoms. The molecular formula is C18H24ClNO5. The highest BCUT2D eigenvalue weighted by Crippen LogP contribution is 2.27. The van der Waals surface area contributed by atoms with Crippen LogP contribution >= 0.6 is 11.6 Å². The Kier molecular flexibility index (Phi) is 6.81. The Morgan fingerprint density at radius 1 is 1.44 bits per heavy atom. The fourth-order valence-electron chi connectivity index (χ4n) is 2.84. The van der Waals surface area contributed by atoms with Crippen LogP contribution in [-0.2, 0) is 24.6 Å². The first-order valence-electron chi connectivity index (χ1n) is 8.43. The van der Waals surface area contributed by atoms with Crippen LogP contribution in [0, 0.1) is 0 Å². The second kappa shape index (κ2) is 8.65. The van der Waals surface area contributed by atoms with E-state index in [2.05, 4.69) is 5.32 Å². The van der Waals surface area contributed by atoms with Crippen LogP contribution in [0.5, 0.6) is 0 Å². The topological polar surface area (TPSA) is 84.9 Å². The van der Waals surface area contributed by atoms with Crippen molar-refractivity contribution in [3.05, 3.63) is 34.9 Å². The van der Waals surface area contributed by atoms with E-state index in [1.165, 1.54) is 0 Å². The van der Waals surface area contributed by atoms with Crippen LogP contribution < -0.4 is 5.32 Å². The van der Waals surface area contributed by atoms with Crippen LogP contribution in [0.4, 0.5) is 0 Å². The average Bonchev–Trinajstić information content (AvgIpc) is 3.11. The molecule has 138 valence electrons. The summed E-state index contributed by atoms with van der Waals surface area (Å²) in [5, 5.41) is 12.9. The summed E-state index contributed by atoms with van der Waals surface area (Å²) in [4.78, 5) is 24.5. The zero-order chi connectivity index (χ0) is 18.4. The lowest BCUT2D eigenvalue weighted by molar-refractivity contribution is -0.151. The molecule has 3 atom stereocenters. The molecule has 2 rings (SSSR count). The number of benzene rings is 1. The predicted octanol–water partition coefficient (Wildman–Crippen LogP) is 2.73. The molecule has 2 N–H and O–H groups in total. The molecule has 0 saturated carbocycles. The van der Waals surface area contributed by atoms with Gasteiger partial charge in [0.15, 0.2) is 5.54 Å². The Morgan fingerprint density at radius 2 is 2.12 bits per heavy atom. The molecule has 1 saturated heterocycles. The highest BCUT2D eigenvalue weighted by atomic mass is 35.5. The van der Waals surface area contributed by atoms with E-state index in [1.807, 2.05) is 0 Å². The van der Waals surface area contributed by atoms with Crippen LogP contribution in [0.1, 0.15) is 38.7 Å². The first kappa shape index (κ1) is 19.7. The van der Waals surface area contributed by atoms with E-state index < -0.39 is 23.5 Å². The Balaban J connectivity index is 2.08. The minimum absolute atomic E-state index is 0.00178. The summed E-state index contributed by atoms with van der Waals surface area (Å²) in [6.07, 6.45) is 1.31. The largest absolute Gasteiger partial charge is 0.479 e. The number of nitrogens with one attached hydrogen (secondary N) is 1. The van der Waals surface area contributed by atoms with Crippen LogP contribution in [0.2, 0.25) is 5.02 Å². The molecule has 0 bridgehead atoms. The fourth-order valence-corrected chi connectivity index (χ4v) is 2.97. The summed E-state index contributed by atoms with van der Waals surface area (Å²) in [5.41, 5.74) is -1.06. The van der Waals surface area contributed by atoms with Crippen molar-refractivity contribution in [1.82, 2.24) is 5.32 Å². The van der Waals surface area contributed by atoms with Gasteiger partial charge in [-0.1, -0.05) is 30.7 Å². The van der Waals surface area contributed by atoms with Crippen molar-refractivity contribution < 1.29 is 24.2 Å². The molecule has 0 aromatic heterocycles. The van der Waals surface area contributed by atoms with Gasteiger partial charge in [0, 0.05) is 11.6 Å². The van der Waals surface area contributed by atoms with E-state index in [1.54, 1.807) is 38.1 Å². The van der Waals surface area contributed by atoms with Crippen molar-refractivity contribution >= 4 is 23.5 Å². The molecule has 1 heterocycles. The van der Waals surface area contributed by atoms with E-state index in [0.717, 1.165) is 12.8 Å². The molecule has 1 aliphatic rings. The third-order valence-corrected chi connectivity index (χ3v) is 4.75. The molecule has 1 aliphatic heterocycles. The maximum atomic E-state index is 12.5. The maximum Gasteiger partial charge on any atom is 0.334 e. The molecule has 1 fully saturated rings. The SMILES string of the molecule is CCC(NC(=O)C(C)OCC1CCCO1)(C(=O)O)c1ccc(Cl)cc1. The summed E-state index contributed by atoms with van der Waals surface area (Å²) < 4.78 is 11.0. The predicted molar refractivity (Wildman–Crippen MR) is 93.6 cm³/mol. The quantitative estimate of drug-likeness (QED) is 0.736. The van der Waals surface area contributed by atoms with Gasteiger partial charge in [0.25, 0.3) is 0 Å². The van der Waals surface area contributed by atoms with E-state index >= 15 is 0 Å². The number of carbonyl (C=O) groups excluding carboxylic acids is 1. The zero-order valence-corrected chi connectivity index (χ0v) is 15.2. The van der Waals surface area contributed by atoms with Crippen molar-refractivity contribution in [1.29, 1.82) is 0 Å². The van der Waals surface area contributed by atoms with Crippen molar-refractivity contribution in [2.75, 3.05) is 13.2 Å². The summed E-state index contributed by atoms with van der Waals surface area (Å²) in [7, 11) is 0. The van der Waals surface area contributed by atoms with Gasteiger partial charge in [-0.15, -0.1) is 0 Å². The summed E-state index contributed by atoms with van der Waals surface area (Å²) in [6.45, 7) is 4.35. The number of hydrogen-bond acceptors (Lipinski definition) is 4. The van der Waals surface area contributed by atoms with Crippen molar-refractivity contribution in [2.24, 2.45) is 0 Å². The van der Waals surface area contributed by atoms with Gasteiger partial charge < -0.3 is 19.9 Å². The number of halogens is 1. The van der Waals surface area contributed by atoms with Crippen molar-refractivity contribution in [3.8, 4) is 0 Å². The Morgan fingerprint density at radius 3 is 2.64 bits per heavy atom. The van der Waals surface area contributed by atoms with Crippen molar-refractivity contribution in [3.63, 3.8) is 0 Å². The third-order valence-electron chi connectivity index (χ3n) is 4.49. The molecular weight excluding hydrogens is 346 g/mol. The smallest absolute Gasteiger partial charge is 0.334 e. The van der Waals surface area contributed by atoms with Gasteiger partial charge >= 0.3 is 5.97 Å². The molecule has 3 unspecified atom stereocenters. The minimum Gasteiger partial charge on any atom is -0.479 e. The second-order valence-corrected chi connectivity index (χ2v) is 6.61. The molecule has 1 amide bonds. The van der Waals surface area contributed by atoms with E-state index in [4.69, 9.17) is 21.1 Å². The Bertz CT molecular complexity index is 600. The summed E-state index contributed by atoms with van der Waals surface area (Å²) >= 11 is 5.88. The van der Waals surface area contributed by atoms with Crippen LogP contribution in [0.25, 0.3) is 0 Å². The number of aliphatic carboxylic acids is 1. The van der Waals surface area contributed by atoms with Gasteiger partial charge in [-0.3, -0.25) is 4.79 Å². The maximum absolute atomic E-state index is 12.5. The fraction of sp³-hybridized carbons (Fsp3) is 0.556. The molecule has 0 aliphatic carbocycles. The molecule has 7 heteroatoms. The molecule has 6 nitrogen and oxygen atoms in total. The molecule has 0 radical (unpaired) electrons. The van der Waals surface area contributed by atoms with Crippen LogP contribution in [-0.4, -0.2) is 42.4 Å². The number of carbonyl (C=O) groups is 2. The van der Waals surface area contributed by atoms with Crippen LogP contribution in [0.15, 0.2) is 24.3 Å². The van der Waals surface area contributed by atoms with Crippen LogP contribution in [0.3, 0.4) is 0 Å². The number of rotatable bonds is 8. The monoisotopic (exact) mass is 369 g/mol.